The highest BCUT2D eigenvalue weighted by molar-refractivity contribution is 5.93. The maximum absolute atomic E-state index is 12.0. The molecule has 27 heavy (non-hydrogen) atoms. The lowest BCUT2D eigenvalue weighted by atomic mass is 10.2. The maximum atomic E-state index is 12.0. The van der Waals surface area contributed by atoms with E-state index in [2.05, 4.69) is 20.6 Å². The van der Waals surface area contributed by atoms with Crippen molar-refractivity contribution in [1.82, 2.24) is 15.3 Å². The molecule has 0 radical (unpaired) electrons. The van der Waals surface area contributed by atoms with Gasteiger partial charge in [-0.1, -0.05) is 0 Å². The zero-order chi connectivity index (χ0) is 19.6. The Morgan fingerprint density at radius 3 is 2.15 bits per heavy atom. The summed E-state index contributed by atoms with van der Waals surface area (Å²) in [6.45, 7) is 1.12. The minimum Gasteiger partial charge on any atom is -0.493 e. The third-order valence-corrected chi connectivity index (χ3v) is 3.65. The van der Waals surface area contributed by atoms with Crippen molar-refractivity contribution in [1.29, 1.82) is 0 Å². The number of ether oxygens (including phenoxy) is 4. The molecule has 1 amide bonds. The lowest BCUT2D eigenvalue weighted by Crippen LogP contribution is -2.25. The van der Waals surface area contributed by atoms with Gasteiger partial charge in [0, 0.05) is 50.5 Å². The fraction of sp³-hybridized carbons (Fsp3) is 0.389. The van der Waals surface area contributed by atoms with Gasteiger partial charge in [0.15, 0.2) is 11.5 Å². The molecule has 146 valence electrons. The van der Waals surface area contributed by atoms with Crippen LogP contribution in [0.4, 0.5) is 11.6 Å². The van der Waals surface area contributed by atoms with Crippen molar-refractivity contribution >= 4 is 17.5 Å². The van der Waals surface area contributed by atoms with E-state index < -0.39 is 0 Å². The molecule has 0 aliphatic heterocycles. The number of methoxy groups -OCH3 is 4. The molecule has 0 fully saturated rings. The number of hydrogen-bond donors (Lipinski definition) is 2. The van der Waals surface area contributed by atoms with Gasteiger partial charge in [-0.05, 0) is 6.42 Å². The zero-order valence-corrected chi connectivity index (χ0v) is 15.9. The Labute approximate surface area is 158 Å². The van der Waals surface area contributed by atoms with Crippen LogP contribution in [0.15, 0.2) is 24.5 Å². The highest BCUT2D eigenvalue weighted by Crippen LogP contribution is 2.40. The number of hydrogen-bond acceptors (Lipinski definition) is 8. The van der Waals surface area contributed by atoms with Crippen molar-refractivity contribution in [3.8, 4) is 17.2 Å². The van der Waals surface area contributed by atoms with Gasteiger partial charge in [0.05, 0.1) is 26.9 Å². The van der Waals surface area contributed by atoms with E-state index in [-0.39, 0.29) is 5.91 Å². The van der Waals surface area contributed by atoms with Gasteiger partial charge >= 0.3 is 0 Å². The van der Waals surface area contributed by atoms with Crippen LogP contribution in [-0.2, 0) is 4.74 Å². The summed E-state index contributed by atoms with van der Waals surface area (Å²) in [6.07, 6.45) is 3.65. The second-order valence-electron chi connectivity index (χ2n) is 5.44. The van der Waals surface area contributed by atoms with Crippen molar-refractivity contribution in [2.24, 2.45) is 0 Å². The van der Waals surface area contributed by atoms with Gasteiger partial charge in [-0.3, -0.25) is 4.79 Å². The largest absolute Gasteiger partial charge is 0.493 e. The van der Waals surface area contributed by atoms with Crippen molar-refractivity contribution in [3.63, 3.8) is 0 Å². The number of amides is 1. The molecule has 0 saturated carbocycles. The highest BCUT2D eigenvalue weighted by Gasteiger charge is 2.14. The van der Waals surface area contributed by atoms with Crippen LogP contribution in [0.2, 0.25) is 0 Å². The first-order valence-corrected chi connectivity index (χ1v) is 8.29. The number of carbonyl (C=O) groups excluding carboxylic acids is 1. The molecule has 0 aliphatic carbocycles. The first kappa shape index (κ1) is 20.2. The van der Waals surface area contributed by atoms with Crippen molar-refractivity contribution < 1.29 is 23.7 Å². The minimum absolute atomic E-state index is 0.231. The molecule has 2 aromatic rings. The number of anilines is 2. The molecule has 0 aliphatic rings. The van der Waals surface area contributed by atoms with E-state index in [1.54, 1.807) is 19.2 Å². The average Bonchev–Trinajstić information content (AvgIpc) is 2.70. The van der Waals surface area contributed by atoms with Gasteiger partial charge in [0.2, 0.25) is 11.7 Å². The second-order valence-corrected chi connectivity index (χ2v) is 5.44. The summed E-state index contributed by atoms with van der Waals surface area (Å²) in [5.41, 5.74) is 1.03. The van der Waals surface area contributed by atoms with Crippen molar-refractivity contribution in [3.05, 3.63) is 30.1 Å². The van der Waals surface area contributed by atoms with Gasteiger partial charge < -0.3 is 29.6 Å². The molecule has 0 saturated heterocycles. The Morgan fingerprint density at radius 2 is 1.63 bits per heavy atom. The van der Waals surface area contributed by atoms with E-state index in [4.69, 9.17) is 18.9 Å². The average molecular weight is 376 g/mol. The number of carbonyl (C=O) groups is 1. The van der Waals surface area contributed by atoms with E-state index in [0.717, 1.165) is 6.42 Å². The summed E-state index contributed by atoms with van der Waals surface area (Å²) in [7, 11) is 6.24. The molecule has 1 aromatic carbocycles. The summed E-state index contributed by atoms with van der Waals surface area (Å²) in [4.78, 5) is 20.4. The first-order chi connectivity index (χ1) is 13.1. The summed E-state index contributed by atoms with van der Waals surface area (Å²) in [5, 5.41) is 5.82. The zero-order valence-electron chi connectivity index (χ0n) is 15.9. The van der Waals surface area contributed by atoms with Crippen LogP contribution in [0, 0.1) is 0 Å². The predicted molar refractivity (Wildman–Crippen MR) is 100 cm³/mol. The quantitative estimate of drug-likeness (QED) is 0.607. The van der Waals surface area contributed by atoms with Crippen molar-refractivity contribution in [2.45, 2.75) is 6.42 Å². The van der Waals surface area contributed by atoms with Gasteiger partial charge in [-0.15, -0.1) is 0 Å². The van der Waals surface area contributed by atoms with Crippen LogP contribution in [0.5, 0.6) is 17.2 Å². The van der Waals surface area contributed by atoms with E-state index >= 15 is 0 Å². The molecular formula is C18H24N4O5. The summed E-state index contributed by atoms with van der Waals surface area (Å²) >= 11 is 0. The van der Waals surface area contributed by atoms with Crippen LogP contribution in [0.1, 0.15) is 16.8 Å². The fourth-order valence-corrected chi connectivity index (χ4v) is 2.31. The third-order valence-electron chi connectivity index (χ3n) is 3.65. The summed E-state index contributed by atoms with van der Waals surface area (Å²) < 4.78 is 20.9. The van der Waals surface area contributed by atoms with Gasteiger partial charge in [0.1, 0.15) is 0 Å². The lowest BCUT2D eigenvalue weighted by molar-refractivity contribution is 0.0948. The molecule has 9 nitrogen and oxygen atoms in total. The Balaban J connectivity index is 2.07. The molecule has 1 heterocycles. The Morgan fingerprint density at radius 1 is 1.00 bits per heavy atom. The molecule has 1 aromatic heterocycles. The molecule has 0 bridgehead atoms. The third kappa shape index (κ3) is 5.45. The van der Waals surface area contributed by atoms with Gasteiger partial charge in [-0.2, -0.15) is 0 Å². The summed E-state index contributed by atoms with van der Waals surface area (Å²) in [5.74, 6) is 1.61. The second kappa shape index (κ2) is 10.2. The number of nitrogens with one attached hydrogen (secondary N) is 2. The lowest BCUT2D eigenvalue weighted by Gasteiger charge is -2.14. The van der Waals surface area contributed by atoms with E-state index in [9.17, 15) is 4.79 Å². The smallest absolute Gasteiger partial charge is 0.254 e. The maximum Gasteiger partial charge on any atom is 0.254 e. The molecule has 9 heteroatoms. The van der Waals surface area contributed by atoms with Crippen LogP contribution in [0.3, 0.4) is 0 Å². The predicted octanol–water partition coefficient (Wildman–Crippen LogP) is 2.01. The minimum atomic E-state index is -0.231. The van der Waals surface area contributed by atoms with Crippen LogP contribution in [-0.4, -0.2) is 57.5 Å². The molecule has 0 spiro atoms. The van der Waals surface area contributed by atoms with Gasteiger partial charge in [-0.25, -0.2) is 9.97 Å². The van der Waals surface area contributed by atoms with Crippen LogP contribution in [0.25, 0.3) is 0 Å². The molecular weight excluding hydrogens is 352 g/mol. The van der Waals surface area contributed by atoms with Gasteiger partial charge in [0.25, 0.3) is 5.91 Å². The van der Waals surface area contributed by atoms with E-state index in [1.165, 1.54) is 33.7 Å². The number of nitrogens with zero attached hydrogens (tertiary/aromatic N) is 2. The van der Waals surface area contributed by atoms with E-state index in [1.807, 2.05) is 0 Å². The van der Waals surface area contributed by atoms with Crippen molar-refractivity contribution in [2.75, 3.05) is 46.9 Å². The number of aromatic nitrogens is 2. The van der Waals surface area contributed by atoms with E-state index in [0.29, 0.717) is 47.6 Å². The topological polar surface area (TPSA) is 104 Å². The Bertz CT molecular complexity index is 727. The standard InChI is InChI=1S/C18H24N4O5/c1-24-7-5-6-19-17(23)12-10-20-18(21-11-12)22-13-8-14(25-2)16(27-4)15(9-13)26-3/h8-11H,5-7H2,1-4H3,(H,19,23)(H,20,21,22). The Kier molecular flexibility index (Phi) is 7.63. The monoisotopic (exact) mass is 376 g/mol. The number of benzene rings is 1. The van der Waals surface area contributed by atoms with Crippen LogP contribution >= 0.6 is 0 Å². The molecule has 0 atom stereocenters. The first-order valence-electron chi connectivity index (χ1n) is 8.29. The fourth-order valence-electron chi connectivity index (χ4n) is 2.31. The SMILES string of the molecule is COCCCNC(=O)c1cnc(Nc2cc(OC)c(OC)c(OC)c2)nc1. The Hall–Kier alpha value is -3.07. The van der Waals surface area contributed by atoms with Crippen LogP contribution < -0.4 is 24.8 Å². The molecule has 2 N–H and O–H groups in total. The molecule has 2 rings (SSSR count). The summed E-state index contributed by atoms with van der Waals surface area (Å²) in [6, 6.07) is 3.47. The highest BCUT2D eigenvalue weighted by atomic mass is 16.5. The number of rotatable bonds is 10. The molecule has 0 unspecified atom stereocenters. The normalized spacial score (nSPS) is 10.2.